The van der Waals surface area contributed by atoms with E-state index in [2.05, 4.69) is 10.1 Å². The minimum Gasteiger partial charge on any atom is -0.478 e. The van der Waals surface area contributed by atoms with Crippen molar-refractivity contribution in [3.8, 4) is 11.3 Å². The maximum Gasteiger partial charge on any atom is 0.335 e. The minimum atomic E-state index is -0.968. The molecule has 0 unspecified atom stereocenters. The first-order chi connectivity index (χ1) is 15.4. The molecule has 3 aromatic heterocycles. The third-order valence-electron chi connectivity index (χ3n) is 5.62. The number of anilines is 1. The van der Waals surface area contributed by atoms with Gasteiger partial charge in [0.2, 0.25) is 0 Å². The summed E-state index contributed by atoms with van der Waals surface area (Å²) in [7, 11) is 1.80. The van der Waals surface area contributed by atoms with E-state index < -0.39 is 5.97 Å². The lowest BCUT2D eigenvalue weighted by Crippen LogP contribution is -2.23. The number of carboxylic acid groups (broad SMARTS) is 1. The number of nitrogens with zero attached hydrogens (tertiary/aromatic N) is 6. The van der Waals surface area contributed by atoms with Crippen LogP contribution in [0.4, 0.5) is 5.82 Å². The van der Waals surface area contributed by atoms with Crippen LogP contribution in [0.1, 0.15) is 21.5 Å². The highest BCUT2D eigenvalue weighted by atomic mass is 16.4. The van der Waals surface area contributed by atoms with E-state index in [4.69, 9.17) is 4.98 Å². The SMILES string of the molecule is Cn1cc(-c2nc(N3Cc4ccc(C(=O)O)cc4C3)cc3c(=O)n(CCO)cnc23)cn1. The molecular weight excluding hydrogens is 412 g/mol. The number of fused-ring (bicyclic) bond motifs is 2. The quantitative estimate of drug-likeness (QED) is 0.485. The molecule has 10 nitrogen and oxygen atoms in total. The fourth-order valence-electron chi connectivity index (χ4n) is 4.02. The summed E-state index contributed by atoms with van der Waals surface area (Å²) in [6.07, 6.45) is 4.90. The third-order valence-corrected chi connectivity index (χ3v) is 5.62. The van der Waals surface area contributed by atoms with Crippen LogP contribution in [-0.4, -0.2) is 47.1 Å². The van der Waals surface area contributed by atoms with E-state index in [1.165, 1.54) is 10.9 Å². The molecule has 0 atom stereocenters. The van der Waals surface area contributed by atoms with Crippen molar-refractivity contribution < 1.29 is 15.0 Å². The highest BCUT2D eigenvalue weighted by Gasteiger charge is 2.24. The second kappa shape index (κ2) is 7.57. The number of carboxylic acids is 1. The van der Waals surface area contributed by atoms with Crippen molar-refractivity contribution in [2.24, 2.45) is 7.05 Å². The molecule has 2 N–H and O–H groups in total. The number of carbonyl (C=O) groups is 1. The Morgan fingerprint density at radius 1 is 1.19 bits per heavy atom. The van der Waals surface area contributed by atoms with Crippen LogP contribution in [0, 0.1) is 0 Å². The lowest BCUT2D eigenvalue weighted by Gasteiger charge is -2.18. The number of aromatic nitrogens is 5. The minimum absolute atomic E-state index is 0.148. The van der Waals surface area contributed by atoms with Gasteiger partial charge in [-0.1, -0.05) is 6.07 Å². The van der Waals surface area contributed by atoms with Crippen LogP contribution < -0.4 is 10.5 Å². The molecule has 4 aromatic rings. The number of hydrogen-bond donors (Lipinski definition) is 2. The number of pyridine rings is 1. The molecule has 0 bridgehead atoms. The Hall–Kier alpha value is -4.05. The van der Waals surface area contributed by atoms with Crippen molar-refractivity contribution in [1.29, 1.82) is 0 Å². The van der Waals surface area contributed by atoms with Gasteiger partial charge in [-0.25, -0.2) is 14.8 Å². The maximum atomic E-state index is 13.1. The van der Waals surface area contributed by atoms with E-state index in [-0.39, 0.29) is 24.3 Å². The molecule has 1 aliphatic rings. The van der Waals surface area contributed by atoms with Crippen LogP contribution in [-0.2, 0) is 26.7 Å². The van der Waals surface area contributed by atoms with Gasteiger partial charge in [0.05, 0.1) is 36.6 Å². The van der Waals surface area contributed by atoms with Crippen molar-refractivity contribution in [2.45, 2.75) is 19.6 Å². The van der Waals surface area contributed by atoms with Crippen LogP contribution in [0.5, 0.6) is 0 Å². The average molecular weight is 432 g/mol. The van der Waals surface area contributed by atoms with Crippen LogP contribution in [0.3, 0.4) is 0 Å². The van der Waals surface area contributed by atoms with Gasteiger partial charge < -0.3 is 15.1 Å². The zero-order valence-electron chi connectivity index (χ0n) is 17.3. The molecule has 0 saturated carbocycles. The molecule has 4 heterocycles. The summed E-state index contributed by atoms with van der Waals surface area (Å²) >= 11 is 0. The number of aliphatic hydroxyl groups excluding tert-OH is 1. The summed E-state index contributed by atoms with van der Waals surface area (Å²) in [5.74, 6) is -0.380. The number of aromatic carboxylic acids is 1. The third kappa shape index (κ3) is 3.30. The Labute approximate surface area is 182 Å². The zero-order chi connectivity index (χ0) is 22.4. The van der Waals surface area contributed by atoms with Gasteiger partial charge in [0.1, 0.15) is 17.0 Å². The highest BCUT2D eigenvalue weighted by molar-refractivity contribution is 5.92. The molecular formula is C22H20N6O4. The Bertz CT molecular complexity index is 1420. The van der Waals surface area contributed by atoms with E-state index in [1.807, 2.05) is 17.2 Å². The highest BCUT2D eigenvalue weighted by Crippen LogP contribution is 2.32. The van der Waals surface area contributed by atoms with E-state index >= 15 is 0 Å². The predicted octanol–water partition coefficient (Wildman–Crippen LogP) is 1.40. The second-order valence-corrected chi connectivity index (χ2v) is 7.74. The normalized spacial score (nSPS) is 13.0. The van der Waals surface area contributed by atoms with Gasteiger partial charge in [-0.2, -0.15) is 5.10 Å². The Kier molecular flexibility index (Phi) is 4.71. The predicted molar refractivity (Wildman–Crippen MR) is 116 cm³/mol. The Morgan fingerprint density at radius 2 is 2.00 bits per heavy atom. The van der Waals surface area contributed by atoms with Crippen LogP contribution in [0.2, 0.25) is 0 Å². The van der Waals surface area contributed by atoms with Gasteiger partial charge in [0, 0.05) is 31.9 Å². The number of hydrogen-bond acceptors (Lipinski definition) is 7. The molecule has 5 rings (SSSR count). The van der Waals surface area contributed by atoms with E-state index in [0.29, 0.717) is 35.5 Å². The first-order valence-electron chi connectivity index (χ1n) is 10.0. The molecule has 1 aromatic carbocycles. The monoisotopic (exact) mass is 432 g/mol. The summed E-state index contributed by atoms with van der Waals surface area (Å²) in [5.41, 5.74) is 3.65. The van der Waals surface area contributed by atoms with Gasteiger partial charge in [0.15, 0.2) is 0 Å². The average Bonchev–Trinajstić information content (AvgIpc) is 3.40. The van der Waals surface area contributed by atoms with E-state index in [1.54, 1.807) is 36.1 Å². The summed E-state index contributed by atoms with van der Waals surface area (Å²) in [6.45, 7) is 1.00. The lowest BCUT2D eigenvalue weighted by atomic mass is 10.1. The van der Waals surface area contributed by atoms with Gasteiger partial charge in [-0.05, 0) is 29.3 Å². The molecule has 162 valence electrons. The number of aliphatic hydroxyl groups is 1. The van der Waals surface area contributed by atoms with Crippen molar-refractivity contribution >= 4 is 22.7 Å². The first-order valence-corrected chi connectivity index (χ1v) is 10.0. The second-order valence-electron chi connectivity index (χ2n) is 7.74. The van der Waals surface area contributed by atoms with Crippen molar-refractivity contribution in [3.05, 3.63) is 70.0 Å². The van der Waals surface area contributed by atoms with Gasteiger partial charge in [-0.3, -0.25) is 14.0 Å². The van der Waals surface area contributed by atoms with Gasteiger partial charge >= 0.3 is 5.97 Å². The van der Waals surface area contributed by atoms with Crippen molar-refractivity contribution in [1.82, 2.24) is 24.3 Å². The molecule has 10 heteroatoms. The smallest absolute Gasteiger partial charge is 0.335 e. The number of rotatable bonds is 5. The van der Waals surface area contributed by atoms with Crippen LogP contribution >= 0.6 is 0 Å². The molecule has 1 aliphatic heterocycles. The summed E-state index contributed by atoms with van der Waals surface area (Å²) < 4.78 is 3.03. The summed E-state index contributed by atoms with van der Waals surface area (Å²) in [5, 5.41) is 23.2. The van der Waals surface area contributed by atoms with Gasteiger partial charge in [0.25, 0.3) is 5.56 Å². The topological polar surface area (TPSA) is 126 Å². The fraction of sp³-hybridized carbons (Fsp3) is 0.227. The molecule has 0 amide bonds. The first kappa shape index (κ1) is 19.9. The summed E-state index contributed by atoms with van der Waals surface area (Å²) in [6, 6.07) is 6.80. The largest absolute Gasteiger partial charge is 0.478 e. The number of benzene rings is 1. The summed E-state index contributed by atoms with van der Waals surface area (Å²) in [4.78, 5) is 35.7. The van der Waals surface area contributed by atoms with Crippen molar-refractivity contribution in [3.63, 3.8) is 0 Å². The molecule has 0 fully saturated rings. The molecule has 0 spiro atoms. The van der Waals surface area contributed by atoms with Crippen LogP contribution in [0.15, 0.2) is 47.8 Å². The zero-order valence-corrected chi connectivity index (χ0v) is 17.3. The van der Waals surface area contributed by atoms with Gasteiger partial charge in [-0.15, -0.1) is 0 Å². The van der Waals surface area contributed by atoms with E-state index in [0.717, 1.165) is 16.7 Å². The standard InChI is InChI=1S/C22H20N6O4/c1-26-9-16(8-24-26)19-20-17(21(30)27(4-5-29)12-23-20)7-18(25-19)28-10-14-3-2-13(22(31)32)6-15(14)11-28/h2-3,6-9,12,29H,4-5,10-11H2,1H3,(H,31,32). The Balaban J connectivity index is 1.65. The van der Waals surface area contributed by atoms with E-state index in [9.17, 15) is 19.8 Å². The van der Waals surface area contributed by atoms with Crippen LogP contribution in [0.25, 0.3) is 22.2 Å². The molecule has 0 saturated heterocycles. The maximum absolute atomic E-state index is 13.1. The Morgan fingerprint density at radius 3 is 2.72 bits per heavy atom. The number of aryl methyl sites for hydroxylation is 1. The molecule has 32 heavy (non-hydrogen) atoms. The lowest BCUT2D eigenvalue weighted by molar-refractivity contribution is 0.0696. The fourth-order valence-corrected chi connectivity index (χ4v) is 4.02. The molecule has 0 radical (unpaired) electrons. The molecule has 0 aliphatic carbocycles. The van der Waals surface area contributed by atoms with Crippen molar-refractivity contribution in [2.75, 3.05) is 11.5 Å².